The smallest absolute Gasteiger partial charge is 0.313 e. The van der Waals surface area contributed by atoms with Crippen LogP contribution in [0.25, 0.3) is 11.3 Å². The van der Waals surface area contributed by atoms with Gasteiger partial charge in [-0.2, -0.15) is 0 Å². The zero-order valence-electron chi connectivity index (χ0n) is 14.6. The predicted octanol–water partition coefficient (Wildman–Crippen LogP) is 4.39. The van der Waals surface area contributed by atoms with Crippen LogP contribution >= 0.6 is 11.3 Å². The maximum Gasteiger partial charge on any atom is 0.313 e. The van der Waals surface area contributed by atoms with Gasteiger partial charge in [0, 0.05) is 21.5 Å². The van der Waals surface area contributed by atoms with Crippen LogP contribution in [0.1, 0.15) is 30.2 Å². The summed E-state index contributed by atoms with van der Waals surface area (Å²) in [6, 6.07) is 13.1. The van der Waals surface area contributed by atoms with E-state index in [-0.39, 0.29) is 0 Å². The summed E-state index contributed by atoms with van der Waals surface area (Å²) in [5, 5.41) is 7.20. The number of benzene rings is 1. The minimum Gasteiger partial charge on any atom is -0.464 e. The van der Waals surface area contributed by atoms with Gasteiger partial charge in [-0.25, -0.2) is 0 Å². The first kappa shape index (κ1) is 17.9. The molecule has 0 spiro atoms. The van der Waals surface area contributed by atoms with Gasteiger partial charge in [-0.1, -0.05) is 26.0 Å². The molecule has 0 aliphatic carbocycles. The third-order valence-electron chi connectivity index (χ3n) is 3.92. The first-order chi connectivity index (χ1) is 12.5. The molecule has 6 heteroatoms. The van der Waals surface area contributed by atoms with E-state index >= 15 is 0 Å². The van der Waals surface area contributed by atoms with Crippen molar-refractivity contribution in [2.45, 2.75) is 26.3 Å². The van der Waals surface area contributed by atoms with Crippen LogP contribution in [0.4, 0.5) is 5.69 Å². The molecule has 2 heterocycles. The molecule has 1 aromatic carbocycles. The number of furan rings is 1. The Kier molecular flexibility index (Phi) is 5.53. The van der Waals surface area contributed by atoms with Crippen LogP contribution < -0.4 is 10.6 Å². The number of anilines is 1. The van der Waals surface area contributed by atoms with Gasteiger partial charge in [-0.3, -0.25) is 9.59 Å². The van der Waals surface area contributed by atoms with E-state index < -0.39 is 11.8 Å². The van der Waals surface area contributed by atoms with Crippen LogP contribution in [0.15, 0.2) is 58.5 Å². The molecule has 3 aromatic rings. The van der Waals surface area contributed by atoms with E-state index in [9.17, 15) is 9.59 Å². The highest BCUT2D eigenvalue weighted by atomic mass is 32.1. The Morgan fingerprint density at radius 3 is 2.54 bits per heavy atom. The zero-order valence-corrected chi connectivity index (χ0v) is 15.4. The second-order valence-electron chi connectivity index (χ2n) is 6.19. The highest BCUT2D eigenvalue weighted by Gasteiger charge is 2.14. The second-order valence-corrected chi connectivity index (χ2v) is 7.19. The number of thiophene rings is 1. The molecule has 0 bridgehead atoms. The van der Waals surface area contributed by atoms with Crippen LogP contribution in [0.5, 0.6) is 0 Å². The van der Waals surface area contributed by atoms with Crippen LogP contribution in [0.3, 0.4) is 0 Å². The summed E-state index contributed by atoms with van der Waals surface area (Å²) in [5.41, 5.74) is 2.74. The minimum atomic E-state index is -0.676. The molecule has 0 radical (unpaired) electrons. The zero-order chi connectivity index (χ0) is 18.5. The molecule has 2 aromatic heterocycles. The van der Waals surface area contributed by atoms with Gasteiger partial charge in [0.25, 0.3) is 0 Å². The van der Waals surface area contributed by atoms with Gasteiger partial charge >= 0.3 is 11.8 Å². The molecule has 26 heavy (non-hydrogen) atoms. The third-order valence-corrected chi connectivity index (χ3v) is 4.86. The number of amides is 2. The van der Waals surface area contributed by atoms with Crippen molar-refractivity contribution < 1.29 is 14.0 Å². The van der Waals surface area contributed by atoms with Gasteiger partial charge in [0.2, 0.25) is 0 Å². The Balaban J connectivity index is 1.52. The number of carbonyl (C=O) groups excluding carboxylic acids is 2. The highest BCUT2D eigenvalue weighted by Crippen LogP contribution is 2.25. The van der Waals surface area contributed by atoms with Gasteiger partial charge in [0.05, 0.1) is 12.8 Å². The van der Waals surface area contributed by atoms with Gasteiger partial charge in [-0.05, 0) is 41.8 Å². The second kappa shape index (κ2) is 8.01. The van der Waals surface area contributed by atoms with Crippen molar-refractivity contribution in [1.29, 1.82) is 0 Å². The van der Waals surface area contributed by atoms with Crippen molar-refractivity contribution in [1.82, 2.24) is 5.32 Å². The Morgan fingerprint density at radius 1 is 1.12 bits per heavy atom. The summed E-state index contributed by atoms with van der Waals surface area (Å²) in [7, 11) is 0. The summed E-state index contributed by atoms with van der Waals surface area (Å²) >= 11 is 1.50. The molecular formula is C20H20N2O3S. The standard InChI is InChI=1S/C20H20N2O3S/c1-13(2)14-5-7-16(8-6-14)22-20(24)19(23)21-11-17-10-15(12-26-17)18-4-3-9-25-18/h3-10,12-13H,11H2,1-2H3,(H,21,23)(H,22,24). The Hall–Kier alpha value is -2.86. The lowest BCUT2D eigenvalue weighted by molar-refractivity contribution is -0.136. The van der Waals surface area contributed by atoms with E-state index in [0.717, 1.165) is 16.2 Å². The van der Waals surface area contributed by atoms with Gasteiger partial charge in [0.1, 0.15) is 5.76 Å². The molecule has 0 saturated heterocycles. The molecule has 0 fully saturated rings. The largest absolute Gasteiger partial charge is 0.464 e. The molecule has 0 unspecified atom stereocenters. The summed E-state index contributed by atoms with van der Waals surface area (Å²) in [4.78, 5) is 24.9. The maximum absolute atomic E-state index is 12.0. The number of rotatable bonds is 5. The SMILES string of the molecule is CC(C)c1ccc(NC(=O)C(=O)NCc2cc(-c3ccco3)cs2)cc1. The monoisotopic (exact) mass is 368 g/mol. The Labute approximate surface area is 156 Å². The van der Waals surface area contributed by atoms with E-state index in [0.29, 0.717) is 18.2 Å². The molecule has 2 amide bonds. The summed E-state index contributed by atoms with van der Waals surface area (Å²) in [6.07, 6.45) is 1.62. The minimum absolute atomic E-state index is 0.296. The number of hydrogen-bond acceptors (Lipinski definition) is 4. The normalized spacial score (nSPS) is 10.7. The first-order valence-corrected chi connectivity index (χ1v) is 9.21. The van der Waals surface area contributed by atoms with Crippen LogP contribution in [0, 0.1) is 0 Å². The van der Waals surface area contributed by atoms with Crippen LogP contribution in [0.2, 0.25) is 0 Å². The predicted molar refractivity (Wildman–Crippen MR) is 103 cm³/mol. The van der Waals surface area contributed by atoms with Crippen LogP contribution in [-0.4, -0.2) is 11.8 Å². The fourth-order valence-electron chi connectivity index (χ4n) is 2.43. The van der Waals surface area contributed by atoms with Crippen molar-refractivity contribution in [2.75, 3.05) is 5.32 Å². The average Bonchev–Trinajstić information content (AvgIpc) is 3.31. The first-order valence-electron chi connectivity index (χ1n) is 8.33. The number of nitrogens with one attached hydrogen (secondary N) is 2. The van der Waals surface area contributed by atoms with Crippen molar-refractivity contribution >= 4 is 28.8 Å². The topological polar surface area (TPSA) is 71.3 Å². The number of carbonyl (C=O) groups is 2. The quantitative estimate of drug-likeness (QED) is 0.656. The van der Waals surface area contributed by atoms with Crippen molar-refractivity contribution in [2.24, 2.45) is 0 Å². The molecule has 0 atom stereocenters. The Bertz CT molecular complexity index is 880. The fourth-order valence-corrected chi connectivity index (χ4v) is 3.25. The number of hydrogen-bond donors (Lipinski definition) is 2. The van der Waals surface area contributed by atoms with E-state index in [4.69, 9.17) is 4.42 Å². The molecule has 3 rings (SSSR count). The summed E-state index contributed by atoms with van der Waals surface area (Å²) < 4.78 is 5.34. The molecule has 134 valence electrons. The Morgan fingerprint density at radius 2 is 1.88 bits per heavy atom. The third kappa shape index (κ3) is 4.40. The highest BCUT2D eigenvalue weighted by molar-refractivity contribution is 7.10. The molecule has 0 saturated carbocycles. The van der Waals surface area contributed by atoms with E-state index in [1.807, 2.05) is 35.7 Å². The van der Waals surface area contributed by atoms with E-state index in [1.165, 1.54) is 16.9 Å². The average molecular weight is 368 g/mol. The summed E-state index contributed by atoms with van der Waals surface area (Å²) in [5.74, 6) is -0.141. The van der Waals surface area contributed by atoms with Crippen molar-refractivity contribution in [3.8, 4) is 11.3 Å². The van der Waals surface area contributed by atoms with E-state index in [2.05, 4.69) is 24.5 Å². The molecule has 0 aliphatic heterocycles. The molecule has 0 aliphatic rings. The van der Waals surface area contributed by atoms with Gasteiger partial charge in [0.15, 0.2) is 0 Å². The van der Waals surface area contributed by atoms with Crippen molar-refractivity contribution in [3.05, 3.63) is 64.5 Å². The molecule has 2 N–H and O–H groups in total. The molecular weight excluding hydrogens is 348 g/mol. The molecule has 5 nitrogen and oxygen atoms in total. The fraction of sp³-hybridized carbons (Fsp3) is 0.200. The lowest BCUT2D eigenvalue weighted by Gasteiger charge is -2.08. The summed E-state index contributed by atoms with van der Waals surface area (Å²) in [6.45, 7) is 4.50. The van der Waals surface area contributed by atoms with Gasteiger partial charge in [-0.15, -0.1) is 11.3 Å². The van der Waals surface area contributed by atoms with Crippen LogP contribution in [-0.2, 0) is 16.1 Å². The lowest BCUT2D eigenvalue weighted by atomic mass is 10.0. The van der Waals surface area contributed by atoms with E-state index in [1.54, 1.807) is 18.4 Å². The lowest BCUT2D eigenvalue weighted by Crippen LogP contribution is -2.34. The van der Waals surface area contributed by atoms with Gasteiger partial charge < -0.3 is 15.1 Å². The van der Waals surface area contributed by atoms with Crippen molar-refractivity contribution in [3.63, 3.8) is 0 Å². The maximum atomic E-state index is 12.0.